The van der Waals surface area contributed by atoms with E-state index < -0.39 is 43.1 Å². The first-order valence-corrected chi connectivity index (χ1v) is 9.43. The van der Waals surface area contributed by atoms with Crippen LogP contribution in [0.3, 0.4) is 0 Å². The van der Waals surface area contributed by atoms with Crippen LogP contribution >= 0.6 is 0 Å². The Morgan fingerprint density at radius 2 is 1.70 bits per heavy atom. The highest BCUT2D eigenvalue weighted by molar-refractivity contribution is 5.94. The Morgan fingerprint density at radius 1 is 1.07 bits per heavy atom. The van der Waals surface area contributed by atoms with Crippen molar-refractivity contribution in [2.45, 2.75) is 43.7 Å². The molecule has 1 aliphatic rings. The second kappa shape index (κ2) is 9.50. The molecule has 0 aliphatic carbocycles. The van der Waals surface area contributed by atoms with E-state index in [1.165, 1.54) is 24.3 Å². The summed E-state index contributed by atoms with van der Waals surface area (Å²) in [4.78, 5) is 12.3. The van der Waals surface area contributed by atoms with Crippen molar-refractivity contribution in [2.24, 2.45) is 0 Å². The fraction of sp³-hybridized carbons (Fsp3) is 0.381. The number of nitrogens with one attached hydrogen (secondary N) is 1. The van der Waals surface area contributed by atoms with E-state index in [1.54, 1.807) is 31.2 Å². The maximum atomic E-state index is 13.0. The molecule has 1 fully saturated rings. The van der Waals surface area contributed by atoms with Gasteiger partial charge in [0.05, 0.1) is 12.6 Å². The van der Waals surface area contributed by atoms with Gasteiger partial charge in [0.15, 0.2) is 0 Å². The average Bonchev–Trinajstić information content (AvgIpc) is 2.75. The van der Waals surface area contributed by atoms with E-state index >= 15 is 0 Å². The molecular weight excluding hydrogens is 397 g/mol. The number of ether oxygens (including phenoxy) is 2. The fourth-order valence-electron chi connectivity index (χ4n) is 3.10. The monoisotopic (exact) mass is 421 g/mol. The van der Waals surface area contributed by atoms with Gasteiger partial charge in [-0.25, -0.2) is 4.39 Å². The number of aliphatic hydroxyl groups is 4. The molecule has 1 heterocycles. The third-order valence-corrected chi connectivity index (χ3v) is 4.93. The molecule has 2 aromatic carbocycles. The first-order valence-electron chi connectivity index (χ1n) is 9.43. The van der Waals surface area contributed by atoms with Crippen molar-refractivity contribution in [3.8, 4) is 5.75 Å². The minimum atomic E-state index is -1.53. The van der Waals surface area contributed by atoms with Crippen LogP contribution in [0.5, 0.6) is 5.75 Å². The molecule has 30 heavy (non-hydrogen) atoms. The lowest BCUT2D eigenvalue weighted by Gasteiger charge is -2.39. The molecule has 0 bridgehead atoms. The standard InChI is InChI=1S/C21H24FNO7/c1-11(23-20(28)13-2-6-14(22)7-3-13)12-4-8-15(9-5-12)29-21-19(27)18(26)17(25)16(10-24)30-21/h2-9,11,16-19,21,24-27H,10H2,1H3,(H,23,28). The Hall–Kier alpha value is -2.56. The van der Waals surface area contributed by atoms with Crippen molar-refractivity contribution in [1.82, 2.24) is 5.32 Å². The van der Waals surface area contributed by atoms with Gasteiger partial charge in [0.2, 0.25) is 6.29 Å². The lowest BCUT2D eigenvalue weighted by atomic mass is 9.99. The summed E-state index contributed by atoms with van der Waals surface area (Å²) in [6.45, 7) is 1.24. The number of aliphatic hydroxyl groups excluding tert-OH is 4. The fourth-order valence-corrected chi connectivity index (χ4v) is 3.10. The van der Waals surface area contributed by atoms with Gasteiger partial charge in [-0.3, -0.25) is 4.79 Å². The van der Waals surface area contributed by atoms with Gasteiger partial charge < -0.3 is 35.2 Å². The van der Waals surface area contributed by atoms with E-state index in [9.17, 15) is 29.6 Å². The summed E-state index contributed by atoms with van der Waals surface area (Å²) in [6.07, 6.45) is -6.83. The van der Waals surface area contributed by atoms with E-state index in [0.29, 0.717) is 11.3 Å². The number of rotatable bonds is 6. The van der Waals surface area contributed by atoms with E-state index in [0.717, 1.165) is 5.56 Å². The molecule has 1 amide bonds. The Kier molecular flexibility index (Phi) is 7.01. The third-order valence-electron chi connectivity index (χ3n) is 4.93. The van der Waals surface area contributed by atoms with Crippen LogP contribution in [0, 0.1) is 5.82 Å². The van der Waals surface area contributed by atoms with Crippen LogP contribution in [-0.4, -0.2) is 63.6 Å². The van der Waals surface area contributed by atoms with E-state index in [-0.39, 0.29) is 11.9 Å². The summed E-state index contributed by atoms with van der Waals surface area (Å²) < 4.78 is 23.8. The summed E-state index contributed by atoms with van der Waals surface area (Å²) in [5, 5.41) is 41.7. The number of carbonyl (C=O) groups is 1. The molecule has 6 unspecified atom stereocenters. The van der Waals surface area contributed by atoms with Crippen LogP contribution < -0.4 is 10.1 Å². The molecular formula is C21H24FNO7. The van der Waals surface area contributed by atoms with Crippen LogP contribution in [0.2, 0.25) is 0 Å². The Labute approximate surface area is 172 Å². The maximum Gasteiger partial charge on any atom is 0.251 e. The number of benzene rings is 2. The number of hydrogen-bond acceptors (Lipinski definition) is 7. The van der Waals surface area contributed by atoms with Crippen molar-refractivity contribution in [2.75, 3.05) is 6.61 Å². The molecule has 9 heteroatoms. The van der Waals surface area contributed by atoms with Crippen LogP contribution in [0.4, 0.5) is 4.39 Å². The lowest BCUT2D eigenvalue weighted by molar-refractivity contribution is -0.277. The minimum Gasteiger partial charge on any atom is -0.462 e. The normalized spacial score (nSPS) is 27.3. The zero-order chi connectivity index (χ0) is 21.8. The highest BCUT2D eigenvalue weighted by atomic mass is 19.1. The molecule has 0 spiro atoms. The SMILES string of the molecule is CC(NC(=O)c1ccc(F)cc1)c1ccc(OC2OC(CO)C(O)C(O)C2O)cc1. The number of amides is 1. The third kappa shape index (κ3) is 4.94. The minimum absolute atomic E-state index is 0.320. The molecule has 0 radical (unpaired) electrons. The van der Waals surface area contributed by atoms with Crippen molar-refractivity contribution < 1.29 is 39.1 Å². The van der Waals surface area contributed by atoms with Crippen molar-refractivity contribution in [3.05, 3.63) is 65.5 Å². The summed E-state index contributed by atoms with van der Waals surface area (Å²) in [6, 6.07) is 11.5. The molecule has 0 aromatic heterocycles. The van der Waals surface area contributed by atoms with Gasteiger partial charge in [0.1, 0.15) is 36.0 Å². The highest BCUT2D eigenvalue weighted by Gasteiger charge is 2.44. The highest BCUT2D eigenvalue weighted by Crippen LogP contribution is 2.25. The average molecular weight is 421 g/mol. The zero-order valence-electron chi connectivity index (χ0n) is 16.2. The van der Waals surface area contributed by atoms with Gasteiger partial charge >= 0.3 is 0 Å². The summed E-state index contributed by atoms with van der Waals surface area (Å²) in [5.74, 6) is -0.445. The number of hydrogen-bond donors (Lipinski definition) is 5. The molecule has 6 atom stereocenters. The van der Waals surface area contributed by atoms with Gasteiger partial charge in [-0.1, -0.05) is 12.1 Å². The van der Waals surface area contributed by atoms with E-state index in [2.05, 4.69) is 5.32 Å². The topological polar surface area (TPSA) is 128 Å². The Balaban J connectivity index is 1.61. The molecule has 162 valence electrons. The number of halogens is 1. The molecule has 8 nitrogen and oxygen atoms in total. The molecule has 2 aromatic rings. The number of carbonyl (C=O) groups excluding carboxylic acids is 1. The van der Waals surface area contributed by atoms with Crippen LogP contribution in [-0.2, 0) is 4.74 Å². The summed E-state index contributed by atoms with van der Waals surface area (Å²) in [5.41, 5.74) is 1.11. The first kappa shape index (κ1) is 22.1. The van der Waals surface area contributed by atoms with Gasteiger partial charge in [-0.05, 0) is 48.9 Å². The largest absolute Gasteiger partial charge is 0.462 e. The van der Waals surface area contributed by atoms with Crippen molar-refractivity contribution in [3.63, 3.8) is 0 Å². The quantitative estimate of drug-likeness (QED) is 0.459. The lowest BCUT2D eigenvalue weighted by Crippen LogP contribution is -2.60. The van der Waals surface area contributed by atoms with Gasteiger partial charge in [-0.15, -0.1) is 0 Å². The molecule has 1 saturated heterocycles. The Bertz CT molecular complexity index is 843. The predicted molar refractivity (Wildman–Crippen MR) is 103 cm³/mol. The molecule has 3 rings (SSSR count). The van der Waals surface area contributed by atoms with E-state index in [4.69, 9.17) is 9.47 Å². The summed E-state index contributed by atoms with van der Waals surface area (Å²) in [7, 11) is 0. The van der Waals surface area contributed by atoms with Crippen LogP contribution in [0.15, 0.2) is 48.5 Å². The molecule has 0 saturated carbocycles. The van der Waals surface area contributed by atoms with Gasteiger partial charge in [0.25, 0.3) is 5.91 Å². The zero-order valence-corrected chi connectivity index (χ0v) is 16.2. The van der Waals surface area contributed by atoms with Gasteiger partial charge in [0, 0.05) is 5.56 Å². The van der Waals surface area contributed by atoms with Crippen LogP contribution in [0.25, 0.3) is 0 Å². The smallest absolute Gasteiger partial charge is 0.251 e. The molecule has 5 N–H and O–H groups in total. The molecule has 1 aliphatic heterocycles. The maximum absolute atomic E-state index is 13.0. The van der Waals surface area contributed by atoms with Crippen molar-refractivity contribution >= 4 is 5.91 Å². The van der Waals surface area contributed by atoms with Gasteiger partial charge in [-0.2, -0.15) is 0 Å². The van der Waals surface area contributed by atoms with E-state index in [1.807, 2.05) is 0 Å². The summed E-state index contributed by atoms with van der Waals surface area (Å²) >= 11 is 0. The van der Waals surface area contributed by atoms with Crippen molar-refractivity contribution in [1.29, 1.82) is 0 Å². The predicted octanol–water partition coefficient (Wildman–Crippen LogP) is 0.495. The Morgan fingerprint density at radius 3 is 2.30 bits per heavy atom. The first-order chi connectivity index (χ1) is 14.3. The second-order valence-electron chi connectivity index (χ2n) is 7.09. The van der Waals surface area contributed by atoms with Crippen LogP contribution in [0.1, 0.15) is 28.9 Å². The second-order valence-corrected chi connectivity index (χ2v) is 7.09.